The third kappa shape index (κ3) is 3.18. The summed E-state index contributed by atoms with van der Waals surface area (Å²) in [6.45, 7) is 5.54. The van der Waals surface area contributed by atoms with Gasteiger partial charge in [0.1, 0.15) is 0 Å². The van der Waals surface area contributed by atoms with Crippen LogP contribution in [0.15, 0.2) is 12.2 Å². The average Bonchev–Trinajstić information content (AvgIpc) is 2.10. The summed E-state index contributed by atoms with van der Waals surface area (Å²) in [5, 5.41) is 0. The lowest BCUT2D eigenvalue weighted by Gasteiger charge is -2.27. The second-order valence-electron chi connectivity index (χ2n) is 3.35. The predicted octanol–water partition coefficient (Wildman–Crippen LogP) is 2.61. The monoisotopic (exact) mass is 245 g/mol. The summed E-state index contributed by atoms with van der Waals surface area (Å²) in [7, 11) is 0. The first-order valence-corrected chi connectivity index (χ1v) is 4.42. The molecule has 1 amide bonds. The van der Waals surface area contributed by atoms with Crippen molar-refractivity contribution in [1.82, 2.24) is 4.90 Å². The molecule has 0 aliphatic carbocycles. The van der Waals surface area contributed by atoms with Crippen molar-refractivity contribution in [1.29, 1.82) is 0 Å². The van der Waals surface area contributed by atoms with Gasteiger partial charge in [0.2, 0.25) is 0 Å². The Labute approximate surface area is 89.7 Å². The Morgan fingerprint density at radius 1 is 1.25 bits per heavy atom. The standard InChI is InChI=1S/C9H12F5NO/c1-4-15(5-6(2)3)7(16)8(10,11)9(12,13)14/h2,4-5H2,1,3H3. The van der Waals surface area contributed by atoms with E-state index < -0.39 is 18.0 Å². The van der Waals surface area contributed by atoms with Gasteiger partial charge in [0.25, 0.3) is 0 Å². The topological polar surface area (TPSA) is 20.3 Å². The minimum Gasteiger partial charge on any atom is -0.333 e. The van der Waals surface area contributed by atoms with Crippen LogP contribution in [0.2, 0.25) is 0 Å². The molecule has 0 heterocycles. The fourth-order valence-electron chi connectivity index (χ4n) is 0.973. The maximum absolute atomic E-state index is 12.7. The molecule has 0 atom stereocenters. The van der Waals surface area contributed by atoms with Gasteiger partial charge < -0.3 is 4.90 Å². The Kier molecular flexibility index (Phi) is 4.45. The van der Waals surface area contributed by atoms with Crippen LogP contribution >= 0.6 is 0 Å². The molecular formula is C9H12F5NO. The molecule has 0 aromatic rings. The molecule has 0 fully saturated rings. The Bertz CT molecular complexity index is 284. The number of hydrogen-bond donors (Lipinski definition) is 0. The molecule has 0 unspecified atom stereocenters. The van der Waals surface area contributed by atoms with E-state index in [2.05, 4.69) is 6.58 Å². The van der Waals surface area contributed by atoms with Crippen molar-refractivity contribution in [2.75, 3.05) is 13.1 Å². The molecular weight excluding hydrogens is 233 g/mol. The van der Waals surface area contributed by atoms with E-state index in [-0.39, 0.29) is 13.1 Å². The molecule has 0 aliphatic heterocycles. The largest absolute Gasteiger partial charge is 0.463 e. The molecule has 16 heavy (non-hydrogen) atoms. The van der Waals surface area contributed by atoms with E-state index in [0.717, 1.165) is 0 Å². The first-order chi connectivity index (χ1) is 7.04. The van der Waals surface area contributed by atoms with Gasteiger partial charge in [-0.2, -0.15) is 22.0 Å². The molecule has 0 radical (unpaired) electrons. The summed E-state index contributed by atoms with van der Waals surface area (Å²) >= 11 is 0. The third-order valence-corrected chi connectivity index (χ3v) is 1.75. The fraction of sp³-hybridized carbons (Fsp3) is 0.667. The zero-order valence-electron chi connectivity index (χ0n) is 8.87. The van der Waals surface area contributed by atoms with Crippen molar-refractivity contribution in [3.05, 3.63) is 12.2 Å². The van der Waals surface area contributed by atoms with E-state index >= 15 is 0 Å². The van der Waals surface area contributed by atoms with Crippen molar-refractivity contribution < 1.29 is 26.7 Å². The minimum absolute atomic E-state index is 0.239. The molecule has 0 aliphatic rings. The van der Waals surface area contributed by atoms with E-state index in [1.807, 2.05) is 0 Å². The van der Waals surface area contributed by atoms with Crippen LogP contribution in [0.1, 0.15) is 13.8 Å². The Morgan fingerprint density at radius 2 is 1.69 bits per heavy atom. The number of carbonyl (C=O) groups is 1. The average molecular weight is 245 g/mol. The minimum atomic E-state index is -5.87. The summed E-state index contributed by atoms with van der Waals surface area (Å²) in [6.07, 6.45) is -5.87. The summed E-state index contributed by atoms with van der Waals surface area (Å²) in [5.74, 6) is -7.59. The van der Waals surface area contributed by atoms with Crippen molar-refractivity contribution in [2.24, 2.45) is 0 Å². The van der Waals surface area contributed by atoms with Crippen LogP contribution in [-0.2, 0) is 4.79 Å². The van der Waals surface area contributed by atoms with Gasteiger partial charge >= 0.3 is 18.0 Å². The van der Waals surface area contributed by atoms with Gasteiger partial charge in [0.05, 0.1) is 0 Å². The highest BCUT2D eigenvalue weighted by Gasteiger charge is 2.64. The van der Waals surface area contributed by atoms with Crippen LogP contribution in [0, 0.1) is 0 Å². The number of carbonyl (C=O) groups excluding carboxylic acids is 1. The molecule has 0 spiro atoms. The first kappa shape index (κ1) is 14.9. The zero-order valence-corrected chi connectivity index (χ0v) is 8.87. The number of hydrogen-bond acceptors (Lipinski definition) is 1. The number of amides is 1. The second kappa shape index (κ2) is 4.80. The lowest BCUT2D eigenvalue weighted by Crippen LogP contribution is -2.52. The number of likely N-dealkylation sites (N-methyl/N-ethyl adjacent to an activating group) is 1. The molecule has 94 valence electrons. The van der Waals surface area contributed by atoms with E-state index in [9.17, 15) is 26.7 Å². The van der Waals surface area contributed by atoms with Gasteiger partial charge in [0.15, 0.2) is 0 Å². The highest BCUT2D eigenvalue weighted by atomic mass is 19.4. The van der Waals surface area contributed by atoms with Gasteiger partial charge in [0, 0.05) is 13.1 Å². The molecule has 7 heteroatoms. The van der Waals surface area contributed by atoms with Crippen molar-refractivity contribution in [2.45, 2.75) is 25.9 Å². The molecule has 0 saturated carbocycles. The van der Waals surface area contributed by atoms with Crippen LogP contribution < -0.4 is 0 Å². The van der Waals surface area contributed by atoms with Crippen LogP contribution in [0.5, 0.6) is 0 Å². The Hall–Kier alpha value is -1.14. The molecule has 0 N–H and O–H groups in total. The van der Waals surface area contributed by atoms with Gasteiger partial charge in [-0.3, -0.25) is 4.79 Å². The molecule has 0 aromatic heterocycles. The smallest absolute Gasteiger partial charge is 0.333 e. The SMILES string of the molecule is C=C(C)CN(CC)C(=O)C(F)(F)C(F)(F)F. The summed E-state index contributed by atoms with van der Waals surface area (Å²) in [5.41, 5.74) is 0.327. The third-order valence-electron chi connectivity index (χ3n) is 1.75. The van der Waals surface area contributed by atoms with Gasteiger partial charge in [-0.1, -0.05) is 12.2 Å². The molecule has 0 aromatic carbocycles. The van der Waals surface area contributed by atoms with Crippen molar-refractivity contribution in [3.8, 4) is 0 Å². The number of rotatable bonds is 4. The van der Waals surface area contributed by atoms with Crippen LogP contribution in [0.3, 0.4) is 0 Å². The van der Waals surface area contributed by atoms with Crippen molar-refractivity contribution >= 4 is 5.91 Å². The molecule has 0 saturated heterocycles. The lowest BCUT2D eigenvalue weighted by molar-refractivity contribution is -0.274. The summed E-state index contributed by atoms with van der Waals surface area (Å²) in [6, 6.07) is 0. The van der Waals surface area contributed by atoms with E-state index in [0.29, 0.717) is 10.5 Å². The highest BCUT2D eigenvalue weighted by Crippen LogP contribution is 2.36. The molecule has 0 bridgehead atoms. The number of halogens is 5. The normalized spacial score (nSPS) is 12.4. The fourth-order valence-corrected chi connectivity index (χ4v) is 0.973. The second-order valence-corrected chi connectivity index (χ2v) is 3.35. The lowest BCUT2D eigenvalue weighted by atomic mass is 10.2. The maximum atomic E-state index is 12.7. The van der Waals surface area contributed by atoms with Crippen LogP contribution in [0.25, 0.3) is 0 Å². The summed E-state index contributed by atoms with van der Waals surface area (Å²) < 4.78 is 61.0. The molecule has 0 rings (SSSR count). The Balaban J connectivity index is 4.95. The van der Waals surface area contributed by atoms with Gasteiger partial charge in [-0.25, -0.2) is 0 Å². The van der Waals surface area contributed by atoms with Crippen molar-refractivity contribution in [3.63, 3.8) is 0 Å². The Morgan fingerprint density at radius 3 is 1.94 bits per heavy atom. The first-order valence-electron chi connectivity index (χ1n) is 4.42. The van der Waals surface area contributed by atoms with E-state index in [1.165, 1.54) is 13.8 Å². The van der Waals surface area contributed by atoms with E-state index in [1.54, 1.807) is 0 Å². The maximum Gasteiger partial charge on any atom is 0.463 e. The van der Waals surface area contributed by atoms with Gasteiger partial charge in [-0.05, 0) is 13.8 Å². The number of alkyl halides is 5. The van der Waals surface area contributed by atoms with Crippen LogP contribution in [0.4, 0.5) is 22.0 Å². The predicted molar refractivity (Wildman–Crippen MR) is 48.1 cm³/mol. The van der Waals surface area contributed by atoms with E-state index in [4.69, 9.17) is 0 Å². The zero-order chi connectivity index (χ0) is 13.1. The van der Waals surface area contributed by atoms with Crippen LogP contribution in [-0.4, -0.2) is 36.0 Å². The quantitative estimate of drug-likeness (QED) is 0.550. The highest BCUT2D eigenvalue weighted by molar-refractivity contribution is 5.84. The molecule has 2 nitrogen and oxygen atoms in total. The summed E-state index contributed by atoms with van der Waals surface area (Å²) in [4.78, 5) is 11.4. The van der Waals surface area contributed by atoms with Gasteiger partial charge in [-0.15, -0.1) is 0 Å². The number of nitrogens with zero attached hydrogens (tertiary/aromatic N) is 1.